The first-order chi connectivity index (χ1) is 16.9. The summed E-state index contributed by atoms with van der Waals surface area (Å²) in [5.41, 5.74) is 2.93. The summed E-state index contributed by atoms with van der Waals surface area (Å²) in [7, 11) is 0. The quantitative estimate of drug-likeness (QED) is 0.421. The van der Waals surface area contributed by atoms with E-state index in [0.717, 1.165) is 23.1 Å². The van der Waals surface area contributed by atoms with Gasteiger partial charge in [-0.15, -0.1) is 0 Å². The van der Waals surface area contributed by atoms with Gasteiger partial charge in [-0.1, -0.05) is 79.2 Å². The van der Waals surface area contributed by atoms with Gasteiger partial charge >= 0.3 is 0 Å². The van der Waals surface area contributed by atoms with Crippen LogP contribution in [-0.4, -0.2) is 35.4 Å². The van der Waals surface area contributed by atoms with Crippen molar-refractivity contribution in [3.8, 4) is 5.75 Å². The second kappa shape index (κ2) is 12.7. The number of ether oxygens (including phenoxy) is 1. The predicted octanol–water partition coefficient (Wildman–Crippen LogP) is 5.07. The lowest BCUT2D eigenvalue weighted by Crippen LogP contribution is -2.53. The molecule has 2 amide bonds. The molecule has 2 atom stereocenters. The van der Waals surface area contributed by atoms with Gasteiger partial charge in [-0.2, -0.15) is 0 Å². The molecule has 0 heterocycles. The zero-order chi connectivity index (χ0) is 25.2. The lowest BCUT2D eigenvalue weighted by molar-refractivity contribution is -0.143. The molecule has 0 spiro atoms. The molecule has 0 fully saturated rings. The Bertz CT molecular complexity index is 1100. The lowest BCUT2D eigenvalue weighted by atomic mass is 10.0. The molecular formula is C29H33FN2O3. The van der Waals surface area contributed by atoms with Crippen molar-refractivity contribution in [2.45, 2.75) is 52.2 Å². The third-order valence-electron chi connectivity index (χ3n) is 5.93. The van der Waals surface area contributed by atoms with E-state index >= 15 is 0 Å². The highest BCUT2D eigenvalue weighted by atomic mass is 19.1. The maximum atomic E-state index is 14.1. The molecule has 184 valence electrons. The standard InChI is InChI=1S/C29H33FN2O3/c1-4-22(3)31-29(34)26(18-23-10-6-5-7-11-23)32(19-24-16-14-21(2)15-17-24)28(33)20-35-27-13-9-8-12-25(27)30/h5-17,22,26H,4,18-20H2,1-3H3,(H,31,34)/t22-,26-/m1/s1. The predicted molar refractivity (Wildman–Crippen MR) is 135 cm³/mol. The molecule has 0 bridgehead atoms. The first-order valence-corrected chi connectivity index (χ1v) is 11.9. The molecule has 0 radical (unpaired) electrons. The first kappa shape index (κ1) is 25.9. The summed E-state index contributed by atoms with van der Waals surface area (Å²) in [5, 5.41) is 3.03. The SMILES string of the molecule is CC[C@@H](C)NC(=O)[C@@H](Cc1ccccc1)N(Cc1ccc(C)cc1)C(=O)COc1ccccc1F. The number of carbonyl (C=O) groups excluding carboxylic acids is 2. The van der Waals surface area contributed by atoms with E-state index in [2.05, 4.69) is 5.32 Å². The van der Waals surface area contributed by atoms with Gasteiger partial charge < -0.3 is 15.0 Å². The van der Waals surface area contributed by atoms with E-state index < -0.39 is 17.8 Å². The van der Waals surface area contributed by atoms with Crippen LogP contribution in [0.5, 0.6) is 5.75 Å². The van der Waals surface area contributed by atoms with Gasteiger partial charge in [0.1, 0.15) is 6.04 Å². The Hall–Kier alpha value is -3.67. The first-order valence-electron chi connectivity index (χ1n) is 11.9. The molecule has 3 aromatic carbocycles. The summed E-state index contributed by atoms with van der Waals surface area (Å²) in [6.07, 6.45) is 1.12. The number of halogens is 1. The number of benzene rings is 3. The Morgan fingerprint density at radius 3 is 2.26 bits per heavy atom. The van der Waals surface area contributed by atoms with Crippen LogP contribution in [0, 0.1) is 12.7 Å². The molecular weight excluding hydrogens is 443 g/mol. The van der Waals surface area contributed by atoms with E-state index in [0.29, 0.717) is 6.42 Å². The van der Waals surface area contributed by atoms with Crippen molar-refractivity contribution < 1.29 is 18.7 Å². The number of aryl methyl sites for hydroxylation is 1. The van der Waals surface area contributed by atoms with E-state index in [-0.39, 0.29) is 30.9 Å². The molecule has 5 nitrogen and oxygen atoms in total. The highest BCUT2D eigenvalue weighted by Gasteiger charge is 2.31. The van der Waals surface area contributed by atoms with Crippen molar-refractivity contribution in [1.29, 1.82) is 0 Å². The van der Waals surface area contributed by atoms with Crippen LogP contribution in [0.4, 0.5) is 4.39 Å². The number of nitrogens with zero attached hydrogens (tertiary/aromatic N) is 1. The maximum Gasteiger partial charge on any atom is 0.261 e. The molecule has 35 heavy (non-hydrogen) atoms. The van der Waals surface area contributed by atoms with Crippen LogP contribution in [0.15, 0.2) is 78.9 Å². The third-order valence-corrected chi connectivity index (χ3v) is 5.93. The number of amides is 2. The van der Waals surface area contributed by atoms with E-state index in [1.807, 2.05) is 75.4 Å². The fraction of sp³-hybridized carbons (Fsp3) is 0.310. The van der Waals surface area contributed by atoms with E-state index in [1.165, 1.54) is 17.0 Å². The summed E-state index contributed by atoms with van der Waals surface area (Å²) < 4.78 is 19.6. The second-order valence-electron chi connectivity index (χ2n) is 8.75. The van der Waals surface area contributed by atoms with Gasteiger partial charge in [0.2, 0.25) is 5.91 Å². The Morgan fingerprint density at radius 2 is 1.60 bits per heavy atom. The molecule has 0 aliphatic rings. The molecule has 0 saturated carbocycles. The van der Waals surface area contributed by atoms with Gasteiger partial charge in [0.25, 0.3) is 5.91 Å². The Morgan fingerprint density at radius 1 is 0.943 bits per heavy atom. The van der Waals surface area contributed by atoms with Gasteiger partial charge in [-0.3, -0.25) is 9.59 Å². The van der Waals surface area contributed by atoms with Gasteiger partial charge in [0.05, 0.1) is 0 Å². The minimum absolute atomic E-state index is 0.000183. The van der Waals surface area contributed by atoms with Crippen LogP contribution < -0.4 is 10.1 Å². The van der Waals surface area contributed by atoms with E-state index in [4.69, 9.17) is 4.74 Å². The largest absolute Gasteiger partial charge is 0.481 e. The van der Waals surface area contributed by atoms with Gasteiger partial charge in [0, 0.05) is 19.0 Å². The molecule has 0 aliphatic heterocycles. The van der Waals surface area contributed by atoms with Crippen LogP contribution in [-0.2, 0) is 22.6 Å². The van der Waals surface area contributed by atoms with Crippen LogP contribution in [0.2, 0.25) is 0 Å². The summed E-state index contributed by atoms with van der Waals surface area (Å²) in [4.78, 5) is 28.5. The Kier molecular flexibility index (Phi) is 9.41. The second-order valence-corrected chi connectivity index (χ2v) is 8.75. The monoisotopic (exact) mass is 476 g/mol. The fourth-order valence-corrected chi connectivity index (χ4v) is 3.67. The Balaban J connectivity index is 1.91. The lowest BCUT2D eigenvalue weighted by Gasteiger charge is -2.32. The third kappa shape index (κ3) is 7.67. The zero-order valence-corrected chi connectivity index (χ0v) is 20.5. The number of hydrogen-bond acceptors (Lipinski definition) is 3. The number of rotatable bonds is 11. The van der Waals surface area contributed by atoms with Gasteiger partial charge in [-0.25, -0.2) is 4.39 Å². The van der Waals surface area contributed by atoms with Crippen LogP contribution in [0.25, 0.3) is 0 Å². The topological polar surface area (TPSA) is 58.6 Å². The molecule has 0 saturated heterocycles. The minimum atomic E-state index is -0.760. The fourth-order valence-electron chi connectivity index (χ4n) is 3.67. The van der Waals surface area contributed by atoms with Crippen molar-refractivity contribution in [2.75, 3.05) is 6.61 Å². The van der Waals surface area contributed by atoms with Gasteiger partial charge in [0.15, 0.2) is 18.2 Å². The maximum absolute atomic E-state index is 14.1. The highest BCUT2D eigenvalue weighted by Crippen LogP contribution is 2.18. The van der Waals surface area contributed by atoms with Crippen molar-refractivity contribution >= 4 is 11.8 Å². The molecule has 3 rings (SSSR count). The summed E-state index contributed by atoms with van der Waals surface area (Å²) in [6, 6.07) is 22.6. The van der Waals surface area contributed by atoms with E-state index in [1.54, 1.807) is 12.1 Å². The minimum Gasteiger partial charge on any atom is -0.481 e. The Labute approximate surface area is 206 Å². The molecule has 0 aliphatic carbocycles. The number of hydrogen-bond donors (Lipinski definition) is 1. The summed E-state index contributed by atoms with van der Waals surface area (Å²) in [6.45, 7) is 5.77. The summed E-state index contributed by atoms with van der Waals surface area (Å²) in [5.74, 6) is -1.16. The van der Waals surface area contributed by atoms with Crippen LogP contribution in [0.1, 0.15) is 37.0 Å². The van der Waals surface area contributed by atoms with Gasteiger partial charge in [-0.05, 0) is 43.5 Å². The van der Waals surface area contributed by atoms with Crippen molar-refractivity contribution in [3.63, 3.8) is 0 Å². The average Bonchev–Trinajstić information content (AvgIpc) is 2.87. The number of nitrogens with one attached hydrogen (secondary N) is 1. The van der Waals surface area contributed by atoms with E-state index in [9.17, 15) is 14.0 Å². The molecule has 1 N–H and O–H groups in total. The van der Waals surface area contributed by atoms with Crippen LogP contribution >= 0.6 is 0 Å². The molecule has 0 unspecified atom stereocenters. The van der Waals surface area contributed by atoms with Crippen molar-refractivity contribution in [3.05, 3.63) is 101 Å². The smallest absolute Gasteiger partial charge is 0.261 e. The molecule has 3 aromatic rings. The normalized spacial score (nSPS) is 12.5. The van der Waals surface area contributed by atoms with Crippen LogP contribution in [0.3, 0.4) is 0 Å². The molecule has 0 aromatic heterocycles. The number of carbonyl (C=O) groups is 2. The molecule has 6 heteroatoms. The number of para-hydroxylation sites is 1. The van der Waals surface area contributed by atoms with Crippen molar-refractivity contribution in [2.24, 2.45) is 0 Å². The zero-order valence-electron chi connectivity index (χ0n) is 20.5. The highest BCUT2D eigenvalue weighted by molar-refractivity contribution is 5.88. The van der Waals surface area contributed by atoms with Crippen molar-refractivity contribution in [1.82, 2.24) is 10.2 Å². The summed E-state index contributed by atoms with van der Waals surface area (Å²) >= 11 is 0. The average molecular weight is 477 g/mol.